The van der Waals surface area contributed by atoms with E-state index in [1.54, 1.807) is 7.11 Å². The Kier molecular flexibility index (Phi) is 5.72. The quantitative estimate of drug-likeness (QED) is 0.650. The molecule has 0 saturated carbocycles. The summed E-state index contributed by atoms with van der Waals surface area (Å²) in [5.41, 5.74) is 7.56. The summed E-state index contributed by atoms with van der Waals surface area (Å²) in [6, 6.07) is 6.95. The predicted molar refractivity (Wildman–Crippen MR) is 73.1 cm³/mol. The van der Waals surface area contributed by atoms with Crippen LogP contribution in [-0.4, -0.2) is 33.4 Å². The highest BCUT2D eigenvalue weighted by atomic mass is 19.1. The molecule has 0 aromatic heterocycles. The van der Waals surface area contributed by atoms with Crippen LogP contribution in [0.15, 0.2) is 24.3 Å². The summed E-state index contributed by atoms with van der Waals surface area (Å²) in [5, 5.41) is 3.44. The van der Waals surface area contributed by atoms with Gasteiger partial charge in [-0.3, -0.25) is 5.43 Å². The zero-order valence-electron chi connectivity index (χ0n) is 11.3. The van der Waals surface area contributed by atoms with Gasteiger partial charge in [-0.05, 0) is 30.7 Å². The summed E-state index contributed by atoms with van der Waals surface area (Å²) in [6.07, 6.45) is 1.02. The van der Waals surface area contributed by atoms with Crippen molar-refractivity contribution in [2.75, 3.05) is 33.4 Å². The molecular weight excluding hydrogens is 245 g/mol. The summed E-state index contributed by atoms with van der Waals surface area (Å²) in [5.74, 6) is 0.275. The van der Waals surface area contributed by atoms with Crippen LogP contribution in [0.25, 0.3) is 0 Å². The lowest BCUT2D eigenvalue weighted by Crippen LogP contribution is -2.29. The number of halogens is 1. The topological polar surface area (TPSA) is 45.3 Å². The van der Waals surface area contributed by atoms with Gasteiger partial charge in [0.2, 0.25) is 0 Å². The van der Waals surface area contributed by atoms with E-state index in [2.05, 4.69) is 16.2 Å². The first kappa shape index (κ1) is 14.4. The molecule has 4 nitrogen and oxygen atoms in total. The molecule has 0 radical (unpaired) electrons. The van der Waals surface area contributed by atoms with Gasteiger partial charge in [0.25, 0.3) is 0 Å². The molecule has 2 rings (SSSR count). The van der Waals surface area contributed by atoms with Crippen LogP contribution in [0.5, 0.6) is 0 Å². The lowest BCUT2D eigenvalue weighted by Gasteiger charge is -2.19. The molecule has 1 aliphatic rings. The molecule has 5 heteroatoms. The Bertz CT molecular complexity index is 371. The smallest absolute Gasteiger partial charge is 0.123 e. The van der Waals surface area contributed by atoms with Crippen molar-refractivity contribution in [3.8, 4) is 0 Å². The van der Waals surface area contributed by atoms with Gasteiger partial charge in [-0.1, -0.05) is 12.1 Å². The lowest BCUT2D eigenvalue weighted by atomic mass is 9.95. The summed E-state index contributed by atoms with van der Waals surface area (Å²) < 4.78 is 17.9. The molecule has 19 heavy (non-hydrogen) atoms. The number of hydrazine groups is 1. The molecule has 1 aromatic rings. The van der Waals surface area contributed by atoms with Crippen LogP contribution in [0.2, 0.25) is 0 Å². The molecule has 0 amide bonds. The fraction of sp³-hybridized carbons (Fsp3) is 0.571. The Morgan fingerprint density at radius 3 is 2.89 bits per heavy atom. The maximum Gasteiger partial charge on any atom is 0.123 e. The minimum atomic E-state index is -0.191. The van der Waals surface area contributed by atoms with E-state index >= 15 is 0 Å². The van der Waals surface area contributed by atoms with Crippen molar-refractivity contribution in [2.45, 2.75) is 12.5 Å². The van der Waals surface area contributed by atoms with E-state index in [-0.39, 0.29) is 11.9 Å². The van der Waals surface area contributed by atoms with Gasteiger partial charge in [0.15, 0.2) is 0 Å². The number of ether oxygens (including phenoxy) is 1. The van der Waals surface area contributed by atoms with Gasteiger partial charge < -0.3 is 10.1 Å². The zero-order chi connectivity index (χ0) is 13.5. The second-order valence-corrected chi connectivity index (χ2v) is 4.87. The van der Waals surface area contributed by atoms with Crippen LogP contribution in [0, 0.1) is 11.7 Å². The van der Waals surface area contributed by atoms with E-state index in [4.69, 9.17) is 4.74 Å². The molecule has 0 spiro atoms. The SMILES string of the molecule is COCCCNCC1CNNC1c1ccc(F)cc1. The number of benzene rings is 1. The summed E-state index contributed by atoms with van der Waals surface area (Å²) >= 11 is 0. The summed E-state index contributed by atoms with van der Waals surface area (Å²) in [4.78, 5) is 0. The number of hydrogen-bond acceptors (Lipinski definition) is 4. The molecule has 1 fully saturated rings. The van der Waals surface area contributed by atoms with E-state index < -0.39 is 0 Å². The van der Waals surface area contributed by atoms with Gasteiger partial charge in [0, 0.05) is 32.7 Å². The largest absolute Gasteiger partial charge is 0.385 e. The van der Waals surface area contributed by atoms with Gasteiger partial charge in [0.1, 0.15) is 5.82 Å². The Hall–Kier alpha value is -1.01. The third-order valence-electron chi connectivity index (χ3n) is 3.43. The molecule has 3 N–H and O–H groups in total. The average molecular weight is 267 g/mol. The monoisotopic (exact) mass is 267 g/mol. The molecule has 1 heterocycles. The van der Waals surface area contributed by atoms with Gasteiger partial charge in [-0.15, -0.1) is 0 Å². The van der Waals surface area contributed by atoms with Crippen molar-refractivity contribution >= 4 is 0 Å². The predicted octanol–water partition coefficient (Wildman–Crippen LogP) is 1.22. The van der Waals surface area contributed by atoms with Gasteiger partial charge in [-0.25, -0.2) is 9.82 Å². The third-order valence-corrected chi connectivity index (χ3v) is 3.43. The van der Waals surface area contributed by atoms with Crippen LogP contribution in [0.1, 0.15) is 18.0 Å². The highest BCUT2D eigenvalue weighted by Gasteiger charge is 2.27. The molecule has 0 bridgehead atoms. The van der Waals surface area contributed by atoms with E-state index in [1.165, 1.54) is 12.1 Å². The maximum atomic E-state index is 12.9. The molecule has 2 atom stereocenters. The van der Waals surface area contributed by atoms with Crippen molar-refractivity contribution in [1.29, 1.82) is 0 Å². The Morgan fingerprint density at radius 2 is 2.16 bits per heavy atom. The Morgan fingerprint density at radius 1 is 1.37 bits per heavy atom. The number of nitrogens with one attached hydrogen (secondary N) is 3. The van der Waals surface area contributed by atoms with Crippen molar-refractivity contribution in [1.82, 2.24) is 16.2 Å². The fourth-order valence-electron chi connectivity index (χ4n) is 2.38. The first-order chi connectivity index (χ1) is 9.31. The number of methoxy groups -OCH3 is 1. The van der Waals surface area contributed by atoms with Crippen molar-refractivity contribution < 1.29 is 9.13 Å². The second kappa shape index (κ2) is 7.55. The van der Waals surface area contributed by atoms with Gasteiger partial charge >= 0.3 is 0 Å². The zero-order valence-corrected chi connectivity index (χ0v) is 11.3. The summed E-state index contributed by atoms with van der Waals surface area (Å²) in [7, 11) is 1.72. The Labute approximate surface area is 113 Å². The second-order valence-electron chi connectivity index (χ2n) is 4.87. The molecule has 1 aromatic carbocycles. The molecule has 0 aliphatic carbocycles. The van der Waals surface area contributed by atoms with E-state index in [9.17, 15) is 4.39 Å². The first-order valence-electron chi connectivity index (χ1n) is 6.75. The minimum absolute atomic E-state index is 0.191. The first-order valence-corrected chi connectivity index (χ1v) is 6.75. The van der Waals surface area contributed by atoms with Crippen LogP contribution >= 0.6 is 0 Å². The number of rotatable bonds is 7. The van der Waals surface area contributed by atoms with Crippen molar-refractivity contribution in [3.05, 3.63) is 35.6 Å². The minimum Gasteiger partial charge on any atom is -0.385 e. The van der Waals surface area contributed by atoms with E-state index in [0.717, 1.165) is 38.2 Å². The molecular formula is C14H22FN3O. The van der Waals surface area contributed by atoms with Crippen LogP contribution < -0.4 is 16.2 Å². The van der Waals surface area contributed by atoms with Crippen LogP contribution in [0.3, 0.4) is 0 Å². The summed E-state index contributed by atoms with van der Waals surface area (Å²) in [6.45, 7) is 3.60. The molecule has 1 aliphatic heterocycles. The van der Waals surface area contributed by atoms with Crippen molar-refractivity contribution in [3.63, 3.8) is 0 Å². The standard InChI is InChI=1S/C14H22FN3O/c1-19-8-2-7-16-9-12-10-17-18-14(12)11-3-5-13(15)6-4-11/h3-6,12,14,16-18H,2,7-10H2,1H3. The highest BCUT2D eigenvalue weighted by Crippen LogP contribution is 2.24. The maximum absolute atomic E-state index is 12.9. The van der Waals surface area contributed by atoms with Crippen LogP contribution in [0.4, 0.5) is 4.39 Å². The molecule has 2 unspecified atom stereocenters. The normalized spacial score (nSPS) is 22.8. The average Bonchev–Trinajstić information content (AvgIpc) is 2.88. The molecule has 106 valence electrons. The molecule has 1 saturated heterocycles. The van der Waals surface area contributed by atoms with Crippen molar-refractivity contribution in [2.24, 2.45) is 5.92 Å². The van der Waals surface area contributed by atoms with Crippen LogP contribution in [-0.2, 0) is 4.74 Å². The van der Waals surface area contributed by atoms with E-state index in [1.807, 2.05) is 12.1 Å². The fourth-order valence-corrected chi connectivity index (χ4v) is 2.38. The number of hydrogen-bond donors (Lipinski definition) is 3. The van der Waals surface area contributed by atoms with Gasteiger partial charge in [0.05, 0.1) is 6.04 Å². The highest BCUT2D eigenvalue weighted by molar-refractivity contribution is 5.21. The van der Waals surface area contributed by atoms with Gasteiger partial charge in [-0.2, -0.15) is 0 Å². The Balaban J connectivity index is 1.81. The van der Waals surface area contributed by atoms with E-state index in [0.29, 0.717) is 5.92 Å². The lowest BCUT2D eigenvalue weighted by molar-refractivity contribution is 0.193. The third kappa shape index (κ3) is 4.24.